The van der Waals surface area contributed by atoms with Gasteiger partial charge in [-0.05, 0) is 61.8 Å². The SMILES string of the molecule is COc1ncc(C2CCC2)c(C)c1C1(C(=O)NS(=O)(=O)c2cccc3ccn(C)c23)CC1. The second kappa shape index (κ2) is 7.33. The number of carbonyl (C=O) groups is 1. The molecule has 0 spiro atoms. The van der Waals surface area contributed by atoms with E-state index >= 15 is 0 Å². The molecule has 7 nitrogen and oxygen atoms in total. The molecule has 1 amide bonds. The number of carbonyl (C=O) groups excluding carboxylic acids is 1. The second-order valence-corrected chi connectivity index (χ2v) is 10.6. The van der Waals surface area contributed by atoms with E-state index in [1.54, 1.807) is 23.9 Å². The minimum atomic E-state index is -4.06. The number of amides is 1. The number of pyridine rings is 1. The van der Waals surface area contributed by atoms with E-state index in [1.165, 1.54) is 19.6 Å². The summed E-state index contributed by atoms with van der Waals surface area (Å²) in [4.78, 5) is 18.1. The third-order valence-electron chi connectivity index (χ3n) is 7.12. The number of benzene rings is 1. The Hall–Kier alpha value is -2.87. The van der Waals surface area contributed by atoms with Crippen molar-refractivity contribution in [2.45, 2.75) is 55.3 Å². The van der Waals surface area contributed by atoms with Crippen LogP contribution in [0.5, 0.6) is 5.88 Å². The van der Waals surface area contributed by atoms with Gasteiger partial charge >= 0.3 is 0 Å². The van der Waals surface area contributed by atoms with Gasteiger partial charge in [-0.2, -0.15) is 0 Å². The average molecular weight is 454 g/mol. The molecular formula is C24H27N3O4S. The monoisotopic (exact) mass is 453 g/mol. The standard InChI is InChI=1S/C24H27N3O4S/c1-15-18(16-6-4-7-16)14-25-22(31-3)20(15)24(11-12-24)23(28)26-32(29,30)19-9-5-8-17-10-13-27(2)21(17)19/h5,8-10,13-14,16H,4,6-7,11-12H2,1-3H3,(H,26,28). The van der Waals surface area contributed by atoms with Crippen LogP contribution in [0.2, 0.25) is 0 Å². The van der Waals surface area contributed by atoms with Gasteiger partial charge in [0.1, 0.15) is 4.90 Å². The summed E-state index contributed by atoms with van der Waals surface area (Å²) in [5.74, 6) is 0.336. The maximum absolute atomic E-state index is 13.5. The van der Waals surface area contributed by atoms with Crippen molar-refractivity contribution in [1.29, 1.82) is 0 Å². The molecule has 2 aliphatic carbocycles. The molecule has 8 heteroatoms. The van der Waals surface area contributed by atoms with E-state index < -0.39 is 21.3 Å². The molecule has 168 valence electrons. The van der Waals surface area contributed by atoms with E-state index in [0.717, 1.165) is 34.9 Å². The van der Waals surface area contributed by atoms with Gasteiger partial charge in [0, 0.05) is 30.4 Å². The van der Waals surface area contributed by atoms with E-state index in [2.05, 4.69) is 9.71 Å². The number of rotatable bonds is 6. The van der Waals surface area contributed by atoms with Crippen LogP contribution in [0.4, 0.5) is 0 Å². The van der Waals surface area contributed by atoms with Gasteiger partial charge in [0.15, 0.2) is 0 Å². The molecule has 0 unspecified atom stereocenters. The smallest absolute Gasteiger partial charge is 0.266 e. The van der Waals surface area contributed by atoms with E-state index in [0.29, 0.717) is 30.2 Å². The topological polar surface area (TPSA) is 90.3 Å². The Morgan fingerprint density at radius 1 is 1.25 bits per heavy atom. The first kappa shape index (κ1) is 21.0. The van der Waals surface area contributed by atoms with Crippen LogP contribution in [0.25, 0.3) is 10.9 Å². The first-order valence-corrected chi connectivity index (χ1v) is 12.4. The third-order valence-corrected chi connectivity index (χ3v) is 8.48. The molecule has 0 bridgehead atoms. The van der Waals surface area contributed by atoms with Crippen LogP contribution < -0.4 is 9.46 Å². The van der Waals surface area contributed by atoms with Crippen LogP contribution >= 0.6 is 0 Å². The van der Waals surface area contributed by atoms with Crippen LogP contribution in [-0.2, 0) is 27.3 Å². The summed E-state index contributed by atoms with van der Waals surface area (Å²) in [6.07, 6.45) is 8.21. The number of para-hydroxylation sites is 1. The fourth-order valence-electron chi connectivity index (χ4n) is 4.97. The Morgan fingerprint density at radius 2 is 2.00 bits per heavy atom. The van der Waals surface area contributed by atoms with E-state index in [1.807, 2.05) is 25.3 Å². The lowest BCUT2D eigenvalue weighted by Crippen LogP contribution is -2.39. The summed E-state index contributed by atoms with van der Waals surface area (Å²) in [5, 5.41) is 0.805. The number of hydrogen-bond acceptors (Lipinski definition) is 5. The third kappa shape index (κ3) is 3.11. The van der Waals surface area contributed by atoms with Gasteiger partial charge in [-0.25, -0.2) is 18.1 Å². The van der Waals surface area contributed by atoms with Gasteiger partial charge in [-0.1, -0.05) is 18.6 Å². The zero-order valence-corrected chi connectivity index (χ0v) is 19.3. The van der Waals surface area contributed by atoms with Crippen LogP contribution in [0.15, 0.2) is 41.6 Å². The Morgan fingerprint density at radius 3 is 2.62 bits per heavy atom. The highest BCUT2D eigenvalue weighted by atomic mass is 32.2. The number of methoxy groups -OCH3 is 1. The lowest BCUT2D eigenvalue weighted by molar-refractivity contribution is -0.121. The first-order chi connectivity index (χ1) is 15.3. The normalized spacial score (nSPS) is 17.7. The van der Waals surface area contributed by atoms with Crippen molar-refractivity contribution < 1.29 is 17.9 Å². The Bertz CT molecular complexity index is 1330. The van der Waals surface area contributed by atoms with Crippen molar-refractivity contribution in [1.82, 2.24) is 14.3 Å². The highest BCUT2D eigenvalue weighted by Gasteiger charge is 2.55. The molecule has 0 atom stereocenters. The molecule has 2 fully saturated rings. The number of sulfonamides is 1. The van der Waals surface area contributed by atoms with Gasteiger partial charge < -0.3 is 9.30 Å². The first-order valence-electron chi connectivity index (χ1n) is 10.9. The lowest BCUT2D eigenvalue weighted by Gasteiger charge is -2.29. The van der Waals surface area contributed by atoms with Crippen molar-refractivity contribution >= 4 is 26.8 Å². The van der Waals surface area contributed by atoms with Crippen molar-refractivity contribution in [3.63, 3.8) is 0 Å². The van der Waals surface area contributed by atoms with Gasteiger partial charge in [0.2, 0.25) is 11.8 Å². The van der Waals surface area contributed by atoms with Gasteiger partial charge in [-0.15, -0.1) is 0 Å². The summed E-state index contributed by atoms with van der Waals surface area (Å²) in [7, 11) is -0.738. The Kier molecular flexibility index (Phi) is 4.81. The predicted molar refractivity (Wildman–Crippen MR) is 121 cm³/mol. The molecule has 2 saturated carbocycles. The summed E-state index contributed by atoms with van der Waals surface area (Å²) < 4.78 is 36.2. The highest BCUT2D eigenvalue weighted by Crippen LogP contribution is 2.54. The molecule has 0 saturated heterocycles. The number of fused-ring (bicyclic) bond motifs is 1. The molecular weight excluding hydrogens is 426 g/mol. The molecule has 0 aliphatic heterocycles. The van der Waals surface area contributed by atoms with Gasteiger partial charge in [0.05, 0.1) is 18.0 Å². The van der Waals surface area contributed by atoms with Crippen LogP contribution in [0.1, 0.15) is 54.7 Å². The molecule has 0 radical (unpaired) electrons. The molecule has 2 aromatic heterocycles. The molecule has 2 aliphatic rings. The second-order valence-electron chi connectivity index (χ2n) is 8.99. The zero-order chi connectivity index (χ0) is 22.7. The fraction of sp³-hybridized carbons (Fsp3) is 0.417. The minimum absolute atomic E-state index is 0.0941. The van der Waals surface area contributed by atoms with Crippen molar-refractivity contribution in [2.24, 2.45) is 7.05 Å². The molecule has 32 heavy (non-hydrogen) atoms. The number of ether oxygens (including phenoxy) is 1. The number of nitrogens with zero attached hydrogens (tertiary/aromatic N) is 2. The summed E-state index contributed by atoms with van der Waals surface area (Å²) in [6, 6.07) is 6.92. The summed E-state index contributed by atoms with van der Waals surface area (Å²) in [5.41, 5.74) is 2.50. The van der Waals surface area contributed by atoms with E-state index in [9.17, 15) is 13.2 Å². The minimum Gasteiger partial charge on any atom is -0.481 e. The maximum Gasteiger partial charge on any atom is 0.266 e. The average Bonchev–Trinajstić information content (AvgIpc) is 3.44. The molecule has 3 aromatic rings. The molecule has 1 aromatic carbocycles. The maximum atomic E-state index is 13.5. The van der Waals surface area contributed by atoms with E-state index in [-0.39, 0.29) is 4.90 Å². The van der Waals surface area contributed by atoms with Crippen molar-refractivity contribution in [3.8, 4) is 5.88 Å². The van der Waals surface area contributed by atoms with Crippen LogP contribution in [-0.4, -0.2) is 31.0 Å². The molecule has 2 heterocycles. The van der Waals surface area contributed by atoms with E-state index in [4.69, 9.17) is 4.74 Å². The van der Waals surface area contributed by atoms with Gasteiger partial charge in [0.25, 0.3) is 10.0 Å². The number of nitrogens with one attached hydrogen (secondary N) is 1. The Balaban J connectivity index is 1.53. The summed E-state index contributed by atoms with van der Waals surface area (Å²) >= 11 is 0. The number of aryl methyl sites for hydroxylation is 1. The molecule has 5 rings (SSSR count). The largest absolute Gasteiger partial charge is 0.481 e. The predicted octanol–water partition coefficient (Wildman–Crippen LogP) is 3.69. The fourth-order valence-corrected chi connectivity index (χ4v) is 6.29. The van der Waals surface area contributed by atoms with Crippen molar-refractivity contribution in [3.05, 3.63) is 53.3 Å². The quantitative estimate of drug-likeness (QED) is 0.615. The highest BCUT2D eigenvalue weighted by molar-refractivity contribution is 7.90. The lowest BCUT2D eigenvalue weighted by atomic mass is 9.77. The van der Waals surface area contributed by atoms with Gasteiger partial charge in [-0.3, -0.25) is 4.79 Å². The summed E-state index contributed by atoms with van der Waals surface area (Å²) in [6.45, 7) is 2.00. The zero-order valence-electron chi connectivity index (χ0n) is 18.5. The number of aromatic nitrogens is 2. The van der Waals surface area contributed by atoms with Crippen LogP contribution in [0.3, 0.4) is 0 Å². The van der Waals surface area contributed by atoms with Crippen molar-refractivity contribution in [2.75, 3.05) is 7.11 Å². The Labute approximate surface area is 187 Å². The number of hydrogen-bond donors (Lipinski definition) is 1. The molecule has 1 N–H and O–H groups in total. The van der Waals surface area contributed by atoms with Crippen LogP contribution in [0, 0.1) is 6.92 Å².